The average Bonchev–Trinajstić information content (AvgIpc) is 2.39. The topological polar surface area (TPSA) is 62.2 Å². The van der Waals surface area contributed by atoms with Crippen molar-refractivity contribution in [2.24, 2.45) is 0 Å². The van der Waals surface area contributed by atoms with E-state index in [0.29, 0.717) is 23.1 Å². The van der Waals surface area contributed by atoms with Gasteiger partial charge in [-0.3, -0.25) is 0 Å². The van der Waals surface area contributed by atoms with E-state index in [9.17, 15) is 9.90 Å². The summed E-state index contributed by atoms with van der Waals surface area (Å²) in [4.78, 5) is 14.4. The highest BCUT2D eigenvalue weighted by Gasteiger charge is 1.98. The molecule has 0 N–H and O–H groups in total. The minimum atomic E-state index is -1.10. The summed E-state index contributed by atoms with van der Waals surface area (Å²) in [6.45, 7) is 0.379. The van der Waals surface area contributed by atoms with Crippen LogP contribution in [0.1, 0.15) is 11.1 Å². The second kappa shape index (κ2) is 6.20. The minimum Gasteiger partial charge on any atom is -0.550 e. The van der Waals surface area contributed by atoms with Gasteiger partial charge in [-0.2, -0.15) is 0 Å². The lowest BCUT2D eigenvalue weighted by Crippen LogP contribution is -2.24. The first-order chi connectivity index (χ1) is 9.13. The van der Waals surface area contributed by atoms with Crippen LogP contribution < -0.4 is 9.84 Å². The third-order valence-corrected chi connectivity index (χ3v) is 2.69. The van der Waals surface area contributed by atoms with Crippen molar-refractivity contribution in [2.45, 2.75) is 13.0 Å². The molecule has 0 aliphatic carbocycles. The maximum absolute atomic E-state index is 10.4. The van der Waals surface area contributed by atoms with Crippen LogP contribution in [0.15, 0.2) is 42.6 Å². The molecule has 0 aliphatic rings. The Morgan fingerprint density at radius 2 is 1.84 bits per heavy atom. The fourth-order valence-corrected chi connectivity index (χ4v) is 1.64. The molecule has 1 aromatic carbocycles. The number of nitrogens with zero attached hydrogens (tertiary/aromatic N) is 1. The van der Waals surface area contributed by atoms with E-state index in [1.807, 2.05) is 6.07 Å². The van der Waals surface area contributed by atoms with Crippen molar-refractivity contribution >= 4 is 17.6 Å². The van der Waals surface area contributed by atoms with E-state index in [0.717, 1.165) is 5.56 Å². The lowest BCUT2D eigenvalue weighted by molar-refractivity contribution is -0.304. The van der Waals surface area contributed by atoms with Gasteiger partial charge in [0.15, 0.2) is 0 Å². The number of carbonyl (C=O) groups is 1. The Balaban J connectivity index is 1.92. The number of carboxylic acid groups (broad SMARTS) is 1. The number of aromatic nitrogens is 1. The van der Waals surface area contributed by atoms with Crippen LogP contribution in [0, 0.1) is 0 Å². The fourth-order valence-electron chi connectivity index (χ4n) is 1.53. The molecule has 0 fully saturated rings. The molecular formula is C14H11ClNO3-. The largest absolute Gasteiger partial charge is 0.550 e. The summed E-state index contributed by atoms with van der Waals surface area (Å²) in [6, 6.07) is 10.4. The molecule has 0 bridgehead atoms. The summed E-state index contributed by atoms with van der Waals surface area (Å²) in [6.07, 6.45) is 1.55. The third kappa shape index (κ3) is 4.26. The zero-order chi connectivity index (χ0) is 13.7. The third-order valence-electron chi connectivity index (χ3n) is 2.47. The van der Waals surface area contributed by atoms with Crippen molar-refractivity contribution in [3.8, 4) is 5.75 Å². The predicted octanol–water partition coefficient (Wildman–Crippen LogP) is 1.61. The Kier molecular flexibility index (Phi) is 4.36. The Labute approximate surface area is 115 Å². The summed E-state index contributed by atoms with van der Waals surface area (Å²) < 4.78 is 5.55. The second-order valence-electron chi connectivity index (χ2n) is 3.97. The lowest BCUT2D eigenvalue weighted by atomic mass is 10.1. The first kappa shape index (κ1) is 13.4. The lowest BCUT2D eigenvalue weighted by Gasteiger charge is -2.07. The number of ether oxygens (including phenoxy) is 1. The van der Waals surface area contributed by atoms with E-state index in [2.05, 4.69) is 4.98 Å². The zero-order valence-corrected chi connectivity index (χ0v) is 10.8. The van der Waals surface area contributed by atoms with E-state index < -0.39 is 5.97 Å². The van der Waals surface area contributed by atoms with Crippen LogP contribution in [0.5, 0.6) is 5.75 Å². The van der Waals surface area contributed by atoms with Crippen LogP contribution in [0.4, 0.5) is 0 Å². The molecule has 2 rings (SSSR count). The van der Waals surface area contributed by atoms with Crippen LogP contribution in [0.3, 0.4) is 0 Å². The van der Waals surface area contributed by atoms with Crippen LogP contribution >= 0.6 is 11.6 Å². The molecule has 0 radical (unpaired) electrons. The quantitative estimate of drug-likeness (QED) is 0.779. The number of rotatable bonds is 5. The molecule has 0 unspecified atom stereocenters. The first-order valence-corrected chi connectivity index (χ1v) is 6.03. The maximum atomic E-state index is 10.4. The standard InChI is InChI=1S/C14H12ClNO3/c15-13-6-3-11(8-16-13)9-19-12-4-1-10(2-5-12)7-14(17)18/h1-6,8H,7,9H2,(H,17,18)/p-1. The summed E-state index contributed by atoms with van der Waals surface area (Å²) in [5.74, 6) is -0.432. The van der Waals surface area contributed by atoms with Crippen LogP contribution in [0.2, 0.25) is 5.15 Å². The number of hydrogen-bond acceptors (Lipinski definition) is 4. The van der Waals surface area contributed by atoms with E-state index >= 15 is 0 Å². The highest BCUT2D eigenvalue weighted by Crippen LogP contribution is 2.15. The van der Waals surface area contributed by atoms with Crippen molar-refractivity contribution in [1.29, 1.82) is 0 Å². The van der Waals surface area contributed by atoms with Gasteiger partial charge in [-0.15, -0.1) is 0 Å². The monoisotopic (exact) mass is 276 g/mol. The van der Waals surface area contributed by atoms with Gasteiger partial charge in [0.2, 0.25) is 0 Å². The van der Waals surface area contributed by atoms with Gasteiger partial charge >= 0.3 is 0 Å². The van der Waals surface area contributed by atoms with Crippen LogP contribution in [-0.4, -0.2) is 11.0 Å². The van der Waals surface area contributed by atoms with Gasteiger partial charge in [0, 0.05) is 24.2 Å². The summed E-state index contributed by atoms with van der Waals surface area (Å²) in [5.41, 5.74) is 1.59. The minimum absolute atomic E-state index is 0.0958. The molecule has 4 nitrogen and oxygen atoms in total. The number of pyridine rings is 1. The summed E-state index contributed by atoms with van der Waals surface area (Å²) >= 11 is 5.68. The van der Waals surface area contributed by atoms with Gasteiger partial charge < -0.3 is 14.6 Å². The number of carboxylic acids is 1. The highest BCUT2D eigenvalue weighted by atomic mass is 35.5. The van der Waals surface area contributed by atoms with Crippen LogP contribution in [-0.2, 0) is 17.8 Å². The average molecular weight is 277 g/mol. The molecule has 98 valence electrons. The van der Waals surface area contributed by atoms with Gasteiger partial charge in [-0.1, -0.05) is 29.8 Å². The zero-order valence-electron chi connectivity index (χ0n) is 10.0. The number of halogens is 1. The first-order valence-electron chi connectivity index (χ1n) is 5.65. The van der Waals surface area contributed by atoms with Gasteiger partial charge in [0.1, 0.15) is 17.5 Å². The molecule has 1 heterocycles. The fraction of sp³-hybridized carbons (Fsp3) is 0.143. The molecule has 5 heteroatoms. The Bertz CT molecular complexity index is 552. The Hall–Kier alpha value is -2.07. The SMILES string of the molecule is O=C([O-])Cc1ccc(OCc2ccc(Cl)nc2)cc1. The van der Waals surface area contributed by atoms with Gasteiger partial charge in [-0.05, 0) is 23.8 Å². The molecule has 0 aliphatic heterocycles. The Morgan fingerprint density at radius 1 is 1.16 bits per heavy atom. The molecule has 0 spiro atoms. The van der Waals surface area contributed by atoms with E-state index in [-0.39, 0.29) is 6.42 Å². The smallest absolute Gasteiger partial charge is 0.129 e. The van der Waals surface area contributed by atoms with Gasteiger partial charge in [-0.25, -0.2) is 4.98 Å². The highest BCUT2D eigenvalue weighted by molar-refractivity contribution is 6.29. The normalized spacial score (nSPS) is 10.2. The molecule has 0 saturated heterocycles. The van der Waals surface area contributed by atoms with E-state index in [1.54, 1.807) is 36.5 Å². The molecule has 0 amide bonds. The molecule has 0 atom stereocenters. The van der Waals surface area contributed by atoms with Gasteiger partial charge in [0.25, 0.3) is 0 Å². The van der Waals surface area contributed by atoms with Crippen molar-refractivity contribution in [2.75, 3.05) is 0 Å². The number of hydrogen-bond donors (Lipinski definition) is 0. The molecule has 1 aromatic heterocycles. The Morgan fingerprint density at radius 3 is 2.42 bits per heavy atom. The van der Waals surface area contributed by atoms with Gasteiger partial charge in [0.05, 0.1) is 0 Å². The van der Waals surface area contributed by atoms with Crippen molar-refractivity contribution in [3.63, 3.8) is 0 Å². The summed E-state index contributed by atoms with van der Waals surface area (Å²) in [5, 5.41) is 10.9. The second-order valence-corrected chi connectivity index (χ2v) is 4.36. The van der Waals surface area contributed by atoms with Crippen molar-refractivity contribution < 1.29 is 14.6 Å². The molecule has 19 heavy (non-hydrogen) atoms. The number of benzene rings is 1. The van der Waals surface area contributed by atoms with E-state index in [4.69, 9.17) is 16.3 Å². The van der Waals surface area contributed by atoms with Crippen molar-refractivity contribution in [3.05, 3.63) is 58.9 Å². The maximum Gasteiger partial charge on any atom is 0.129 e. The molecule has 2 aromatic rings. The summed E-state index contributed by atoms with van der Waals surface area (Å²) in [7, 11) is 0. The number of aliphatic carboxylic acids is 1. The molecular weight excluding hydrogens is 266 g/mol. The predicted molar refractivity (Wildman–Crippen MR) is 68.7 cm³/mol. The van der Waals surface area contributed by atoms with Crippen LogP contribution in [0.25, 0.3) is 0 Å². The van der Waals surface area contributed by atoms with Crippen molar-refractivity contribution in [1.82, 2.24) is 4.98 Å². The number of carbonyl (C=O) groups excluding carboxylic acids is 1. The van der Waals surface area contributed by atoms with E-state index in [1.165, 1.54) is 0 Å². The molecule has 0 saturated carbocycles.